The first-order chi connectivity index (χ1) is 9.56. The van der Waals surface area contributed by atoms with Crippen LogP contribution in [0.25, 0.3) is 0 Å². The monoisotopic (exact) mass is 334 g/mol. The van der Waals surface area contributed by atoms with E-state index in [1.165, 1.54) is 0 Å². The zero-order valence-electron chi connectivity index (χ0n) is 11.2. The molecule has 0 aliphatic heterocycles. The van der Waals surface area contributed by atoms with Gasteiger partial charge in [0.15, 0.2) is 0 Å². The lowest BCUT2D eigenvalue weighted by atomic mass is 10.1. The summed E-state index contributed by atoms with van der Waals surface area (Å²) in [5.41, 5.74) is 1.77. The number of anilines is 1. The lowest BCUT2D eigenvalue weighted by molar-refractivity contribution is 0.249. The molecule has 2 amide bonds. The molecule has 0 aromatic carbocycles. The topological polar surface area (TPSA) is 66.9 Å². The van der Waals surface area contributed by atoms with Gasteiger partial charge in [-0.2, -0.15) is 0 Å². The van der Waals surface area contributed by atoms with Crippen molar-refractivity contribution in [2.75, 3.05) is 5.32 Å². The summed E-state index contributed by atoms with van der Waals surface area (Å²) in [6.07, 6.45) is 3.43. The Morgan fingerprint density at radius 2 is 2.15 bits per heavy atom. The fraction of sp³-hybridized carbons (Fsp3) is 0.214. The Morgan fingerprint density at radius 1 is 1.35 bits per heavy atom. The van der Waals surface area contributed by atoms with Crippen molar-refractivity contribution in [1.29, 1.82) is 0 Å². The van der Waals surface area contributed by atoms with Crippen molar-refractivity contribution in [1.82, 2.24) is 15.3 Å². The SMILES string of the molecule is Cc1nc(NC(=O)N[C@@H](C)c2cccnc2)ccc1Br. The van der Waals surface area contributed by atoms with Crippen molar-refractivity contribution in [3.63, 3.8) is 0 Å². The maximum atomic E-state index is 11.9. The second kappa shape index (κ2) is 6.47. The Balaban J connectivity index is 1.97. The second-order valence-corrected chi connectivity index (χ2v) is 5.22. The van der Waals surface area contributed by atoms with E-state index in [9.17, 15) is 4.79 Å². The molecule has 2 N–H and O–H groups in total. The highest BCUT2D eigenvalue weighted by molar-refractivity contribution is 9.10. The van der Waals surface area contributed by atoms with Crippen LogP contribution in [0.2, 0.25) is 0 Å². The number of nitrogens with zero attached hydrogens (tertiary/aromatic N) is 2. The second-order valence-electron chi connectivity index (χ2n) is 4.37. The van der Waals surface area contributed by atoms with Crippen LogP contribution >= 0.6 is 15.9 Å². The van der Waals surface area contributed by atoms with Crippen LogP contribution in [0.5, 0.6) is 0 Å². The van der Waals surface area contributed by atoms with Crippen molar-refractivity contribution >= 4 is 27.8 Å². The number of amides is 2. The fourth-order valence-electron chi connectivity index (χ4n) is 1.68. The first kappa shape index (κ1) is 14.5. The summed E-state index contributed by atoms with van der Waals surface area (Å²) in [5, 5.41) is 5.55. The molecular formula is C14H15BrN4O. The van der Waals surface area contributed by atoms with Gasteiger partial charge in [0.05, 0.1) is 11.7 Å². The molecule has 0 radical (unpaired) electrons. The number of aryl methyl sites for hydroxylation is 1. The maximum Gasteiger partial charge on any atom is 0.320 e. The molecule has 0 unspecified atom stereocenters. The molecule has 20 heavy (non-hydrogen) atoms. The summed E-state index contributed by atoms with van der Waals surface area (Å²) >= 11 is 3.37. The Bertz CT molecular complexity index is 603. The van der Waals surface area contributed by atoms with E-state index < -0.39 is 0 Å². The van der Waals surface area contributed by atoms with Crippen molar-refractivity contribution in [2.24, 2.45) is 0 Å². The molecule has 2 heterocycles. The van der Waals surface area contributed by atoms with Gasteiger partial charge in [-0.05, 0) is 53.5 Å². The van der Waals surface area contributed by atoms with Crippen molar-refractivity contribution in [2.45, 2.75) is 19.9 Å². The lowest BCUT2D eigenvalue weighted by Crippen LogP contribution is -2.31. The van der Waals surface area contributed by atoms with Gasteiger partial charge in [-0.25, -0.2) is 9.78 Å². The van der Waals surface area contributed by atoms with Crippen LogP contribution in [0.3, 0.4) is 0 Å². The Labute approximate surface area is 126 Å². The predicted molar refractivity (Wildman–Crippen MR) is 81.5 cm³/mol. The Hall–Kier alpha value is -1.95. The minimum Gasteiger partial charge on any atom is -0.331 e. The molecule has 2 aromatic heterocycles. The van der Waals surface area contributed by atoms with Crippen LogP contribution in [0.15, 0.2) is 41.1 Å². The summed E-state index contributed by atoms with van der Waals surface area (Å²) < 4.78 is 0.909. The van der Waals surface area contributed by atoms with E-state index in [2.05, 4.69) is 36.5 Å². The highest BCUT2D eigenvalue weighted by atomic mass is 79.9. The van der Waals surface area contributed by atoms with Crippen LogP contribution in [0.4, 0.5) is 10.6 Å². The number of carbonyl (C=O) groups is 1. The van der Waals surface area contributed by atoms with E-state index in [0.717, 1.165) is 15.7 Å². The normalized spacial score (nSPS) is 11.8. The summed E-state index contributed by atoms with van der Waals surface area (Å²) in [5.74, 6) is 0.515. The zero-order chi connectivity index (χ0) is 14.5. The van der Waals surface area contributed by atoms with E-state index in [4.69, 9.17) is 0 Å². The molecule has 0 aliphatic carbocycles. The number of rotatable bonds is 3. The molecule has 0 bridgehead atoms. The number of aromatic nitrogens is 2. The maximum absolute atomic E-state index is 11.9. The van der Waals surface area contributed by atoms with Gasteiger partial charge in [-0.3, -0.25) is 10.3 Å². The van der Waals surface area contributed by atoms with Crippen molar-refractivity contribution < 1.29 is 4.79 Å². The number of hydrogen-bond acceptors (Lipinski definition) is 3. The predicted octanol–water partition coefficient (Wildman–Crippen LogP) is 3.43. The van der Waals surface area contributed by atoms with E-state index >= 15 is 0 Å². The summed E-state index contributed by atoms with van der Waals surface area (Å²) in [7, 11) is 0. The molecule has 5 nitrogen and oxygen atoms in total. The van der Waals surface area contributed by atoms with Gasteiger partial charge in [-0.15, -0.1) is 0 Å². The lowest BCUT2D eigenvalue weighted by Gasteiger charge is -2.14. The highest BCUT2D eigenvalue weighted by Crippen LogP contribution is 2.16. The summed E-state index contributed by atoms with van der Waals surface area (Å²) in [6, 6.07) is 6.93. The quantitative estimate of drug-likeness (QED) is 0.903. The molecule has 0 aliphatic rings. The number of urea groups is 1. The van der Waals surface area contributed by atoms with Crippen LogP contribution in [-0.2, 0) is 0 Å². The number of pyridine rings is 2. The molecule has 6 heteroatoms. The Kier molecular flexibility index (Phi) is 4.68. The molecule has 2 rings (SSSR count). The van der Waals surface area contributed by atoms with E-state index in [1.54, 1.807) is 18.5 Å². The van der Waals surface area contributed by atoms with E-state index in [0.29, 0.717) is 5.82 Å². The third-order valence-corrected chi connectivity index (χ3v) is 3.63. The molecule has 2 aromatic rings. The van der Waals surface area contributed by atoms with Crippen LogP contribution in [-0.4, -0.2) is 16.0 Å². The number of nitrogens with one attached hydrogen (secondary N) is 2. The summed E-state index contributed by atoms with van der Waals surface area (Å²) in [4.78, 5) is 20.2. The third kappa shape index (κ3) is 3.77. The van der Waals surface area contributed by atoms with Gasteiger partial charge in [0.25, 0.3) is 0 Å². The molecule has 0 fully saturated rings. The average molecular weight is 335 g/mol. The molecular weight excluding hydrogens is 320 g/mol. The van der Waals surface area contributed by atoms with Crippen LogP contribution in [0, 0.1) is 6.92 Å². The molecule has 0 saturated heterocycles. The van der Waals surface area contributed by atoms with Gasteiger partial charge < -0.3 is 5.32 Å². The third-order valence-electron chi connectivity index (χ3n) is 2.79. The Morgan fingerprint density at radius 3 is 2.80 bits per heavy atom. The van der Waals surface area contributed by atoms with Gasteiger partial charge in [0, 0.05) is 16.9 Å². The molecule has 0 saturated carbocycles. The van der Waals surface area contributed by atoms with Gasteiger partial charge >= 0.3 is 6.03 Å². The minimum absolute atomic E-state index is 0.125. The standard InChI is InChI=1S/C14H15BrN4O/c1-9(11-4-3-7-16-8-11)18-14(20)19-13-6-5-12(15)10(2)17-13/h3-9H,1-2H3,(H2,17,18,19,20)/t9-/m0/s1. The largest absolute Gasteiger partial charge is 0.331 e. The van der Waals surface area contributed by atoms with E-state index in [1.807, 2.05) is 32.0 Å². The first-order valence-electron chi connectivity index (χ1n) is 6.17. The van der Waals surface area contributed by atoms with Crippen molar-refractivity contribution in [3.05, 3.63) is 52.4 Å². The fourth-order valence-corrected chi connectivity index (χ4v) is 1.90. The number of halogens is 1. The van der Waals surface area contributed by atoms with Gasteiger partial charge in [-0.1, -0.05) is 6.07 Å². The highest BCUT2D eigenvalue weighted by Gasteiger charge is 2.10. The van der Waals surface area contributed by atoms with Crippen LogP contribution in [0.1, 0.15) is 24.2 Å². The van der Waals surface area contributed by atoms with Crippen molar-refractivity contribution in [3.8, 4) is 0 Å². The first-order valence-corrected chi connectivity index (χ1v) is 6.96. The number of carbonyl (C=O) groups excluding carboxylic acids is 1. The number of hydrogen-bond donors (Lipinski definition) is 2. The van der Waals surface area contributed by atoms with Gasteiger partial charge in [0.1, 0.15) is 5.82 Å². The van der Waals surface area contributed by atoms with Gasteiger partial charge in [0.2, 0.25) is 0 Å². The summed E-state index contributed by atoms with van der Waals surface area (Å²) in [6.45, 7) is 3.77. The molecule has 1 atom stereocenters. The molecule has 104 valence electrons. The smallest absolute Gasteiger partial charge is 0.320 e. The molecule has 0 spiro atoms. The van der Waals surface area contributed by atoms with E-state index in [-0.39, 0.29) is 12.1 Å². The minimum atomic E-state index is -0.296. The average Bonchev–Trinajstić information content (AvgIpc) is 2.44. The zero-order valence-corrected chi connectivity index (χ0v) is 12.8. The van der Waals surface area contributed by atoms with Crippen LogP contribution < -0.4 is 10.6 Å².